The number of nitro groups is 1. The van der Waals surface area contributed by atoms with Gasteiger partial charge in [0.15, 0.2) is 0 Å². The summed E-state index contributed by atoms with van der Waals surface area (Å²) in [6.45, 7) is 0. The van der Waals surface area contributed by atoms with Gasteiger partial charge in [0.2, 0.25) is 0 Å². The normalized spacial score (nSPS) is 10.2. The molecule has 0 aliphatic rings. The molecule has 0 atom stereocenters. The second-order valence-electron chi connectivity index (χ2n) is 3.43. The number of hydrogen-bond donors (Lipinski definition) is 0. The molecule has 86 valence electrons. The van der Waals surface area contributed by atoms with Crippen LogP contribution in [0.4, 0.5) is 14.5 Å². The summed E-state index contributed by atoms with van der Waals surface area (Å²) < 4.78 is 25.8. The van der Waals surface area contributed by atoms with Crippen LogP contribution in [0.2, 0.25) is 0 Å². The molecule has 0 heterocycles. The first kappa shape index (κ1) is 11.2. The maximum atomic E-state index is 13.1. The molecule has 0 amide bonds. The second-order valence-corrected chi connectivity index (χ2v) is 3.43. The second kappa shape index (κ2) is 4.29. The van der Waals surface area contributed by atoms with E-state index in [-0.39, 0.29) is 11.3 Å². The summed E-state index contributed by atoms with van der Waals surface area (Å²) in [7, 11) is 0. The molecule has 0 aromatic heterocycles. The van der Waals surface area contributed by atoms with Crippen LogP contribution in [0, 0.1) is 21.7 Å². The molecule has 0 fully saturated rings. The fourth-order valence-corrected chi connectivity index (χ4v) is 1.53. The topological polar surface area (TPSA) is 43.1 Å². The molecular weight excluding hydrogens is 228 g/mol. The van der Waals surface area contributed by atoms with E-state index in [0.717, 1.165) is 18.2 Å². The Morgan fingerprint density at radius 1 is 0.941 bits per heavy atom. The maximum Gasteiger partial charge on any atom is 0.277 e. The largest absolute Gasteiger partial charge is 0.277 e. The Hall–Kier alpha value is -2.30. The fraction of sp³-hybridized carbons (Fsp3) is 0. The highest BCUT2D eigenvalue weighted by Crippen LogP contribution is 2.30. The lowest BCUT2D eigenvalue weighted by atomic mass is 10.0. The van der Waals surface area contributed by atoms with Gasteiger partial charge in [0.25, 0.3) is 5.69 Å². The predicted molar refractivity (Wildman–Crippen MR) is 58.4 cm³/mol. The minimum atomic E-state index is -0.599. The van der Waals surface area contributed by atoms with E-state index < -0.39 is 16.6 Å². The van der Waals surface area contributed by atoms with Gasteiger partial charge in [-0.2, -0.15) is 0 Å². The maximum absolute atomic E-state index is 13.1. The summed E-state index contributed by atoms with van der Waals surface area (Å²) in [5.41, 5.74) is 0.325. The monoisotopic (exact) mass is 235 g/mol. The van der Waals surface area contributed by atoms with E-state index in [9.17, 15) is 18.9 Å². The van der Waals surface area contributed by atoms with Crippen molar-refractivity contribution in [3.63, 3.8) is 0 Å². The van der Waals surface area contributed by atoms with Crippen LogP contribution in [-0.4, -0.2) is 4.92 Å². The minimum absolute atomic E-state index is 0.134. The van der Waals surface area contributed by atoms with Gasteiger partial charge in [-0.1, -0.05) is 12.1 Å². The molecule has 0 N–H and O–H groups in total. The van der Waals surface area contributed by atoms with Crippen molar-refractivity contribution in [2.24, 2.45) is 0 Å². The Morgan fingerprint density at radius 2 is 1.53 bits per heavy atom. The van der Waals surface area contributed by atoms with Gasteiger partial charge >= 0.3 is 0 Å². The van der Waals surface area contributed by atoms with Gasteiger partial charge in [0.05, 0.1) is 10.5 Å². The van der Waals surface area contributed by atoms with E-state index in [1.54, 1.807) is 0 Å². The summed E-state index contributed by atoms with van der Waals surface area (Å²) in [4.78, 5) is 10.2. The molecule has 2 rings (SSSR count). The molecule has 0 saturated carbocycles. The molecule has 17 heavy (non-hydrogen) atoms. The van der Waals surface area contributed by atoms with Gasteiger partial charge in [-0.3, -0.25) is 10.1 Å². The van der Waals surface area contributed by atoms with Crippen molar-refractivity contribution >= 4 is 5.69 Å². The zero-order valence-electron chi connectivity index (χ0n) is 8.56. The molecule has 3 nitrogen and oxygen atoms in total. The third-order valence-electron chi connectivity index (χ3n) is 2.31. The number of nitro benzene ring substituents is 1. The Morgan fingerprint density at radius 3 is 2.12 bits per heavy atom. The van der Waals surface area contributed by atoms with Gasteiger partial charge in [-0.25, -0.2) is 8.78 Å². The number of benzene rings is 2. The summed E-state index contributed by atoms with van der Waals surface area (Å²) in [5.74, 6) is -1.03. The van der Waals surface area contributed by atoms with Crippen molar-refractivity contribution in [2.45, 2.75) is 0 Å². The van der Waals surface area contributed by atoms with Crippen LogP contribution < -0.4 is 0 Å². The molecule has 0 radical (unpaired) electrons. The van der Waals surface area contributed by atoms with Gasteiger partial charge in [0.1, 0.15) is 11.6 Å². The molecule has 0 unspecified atom stereocenters. The lowest BCUT2D eigenvalue weighted by molar-refractivity contribution is -0.384. The lowest BCUT2D eigenvalue weighted by Crippen LogP contribution is -1.93. The average molecular weight is 235 g/mol. The van der Waals surface area contributed by atoms with Crippen molar-refractivity contribution < 1.29 is 13.7 Å². The van der Waals surface area contributed by atoms with E-state index in [4.69, 9.17) is 0 Å². The van der Waals surface area contributed by atoms with Crippen molar-refractivity contribution in [1.82, 2.24) is 0 Å². The smallest absolute Gasteiger partial charge is 0.258 e. The van der Waals surface area contributed by atoms with Crippen molar-refractivity contribution in [2.75, 3.05) is 0 Å². The number of hydrogen-bond acceptors (Lipinski definition) is 2. The molecule has 0 aliphatic heterocycles. The molecule has 2 aromatic rings. The first-order valence-electron chi connectivity index (χ1n) is 4.78. The molecule has 0 saturated heterocycles. The van der Waals surface area contributed by atoms with Crippen LogP contribution in [0.15, 0.2) is 42.5 Å². The average Bonchev–Trinajstić information content (AvgIpc) is 2.29. The number of halogens is 2. The van der Waals surface area contributed by atoms with Gasteiger partial charge in [0, 0.05) is 6.07 Å². The Labute approximate surface area is 95.5 Å². The summed E-state index contributed by atoms with van der Waals surface area (Å²) in [6, 6.07) is 8.26. The highest BCUT2D eigenvalue weighted by molar-refractivity contribution is 5.73. The first-order chi connectivity index (χ1) is 8.08. The van der Waals surface area contributed by atoms with Crippen LogP contribution in [0.5, 0.6) is 0 Å². The molecule has 5 heteroatoms. The van der Waals surface area contributed by atoms with Crippen molar-refractivity contribution in [3.05, 3.63) is 64.2 Å². The van der Waals surface area contributed by atoms with Crippen LogP contribution in [0.3, 0.4) is 0 Å². The van der Waals surface area contributed by atoms with Crippen molar-refractivity contribution in [1.29, 1.82) is 0 Å². The van der Waals surface area contributed by atoms with E-state index >= 15 is 0 Å². The Bertz CT molecular complexity index is 567. The molecule has 0 spiro atoms. The molecule has 2 aromatic carbocycles. The number of nitrogens with zero attached hydrogens (tertiary/aromatic N) is 1. The SMILES string of the molecule is O=[N+]([O-])c1ccc(F)cc1-c1ccc(F)cc1. The lowest BCUT2D eigenvalue weighted by Gasteiger charge is -2.03. The standard InChI is InChI=1S/C12H7F2NO2/c13-9-3-1-8(2-4-9)11-7-10(14)5-6-12(11)15(16)17/h1-7H. The third kappa shape index (κ3) is 2.28. The van der Waals surface area contributed by atoms with Crippen molar-refractivity contribution in [3.8, 4) is 11.1 Å². The molecule has 0 aliphatic carbocycles. The highest BCUT2D eigenvalue weighted by atomic mass is 19.1. The van der Waals surface area contributed by atoms with E-state index in [2.05, 4.69) is 0 Å². The van der Waals surface area contributed by atoms with Gasteiger partial charge in [-0.05, 0) is 29.8 Å². The molecule has 0 bridgehead atoms. The fourth-order valence-electron chi connectivity index (χ4n) is 1.53. The zero-order chi connectivity index (χ0) is 12.4. The van der Waals surface area contributed by atoms with Crippen LogP contribution in [0.25, 0.3) is 11.1 Å². The molecular formula is C12H7F2NO2. The van der Waals surface area contributed by atoms with Crippen LogP contribution >= 0.6 is 0 Å². The summed E-state index contributed by atoms with van der Waals surface area (Å²) >= 11 is 0. The minimum Gasteiger partial charge on any atom is -0.258 e. The van der Waals surface area contributed by atoms with Crippen LogP contribution in [-0.2, 0) is 0 Å². The van der Waals surface area contributed by atoms with Gasteiger partial charge < -0.3 is 0 Å². The number of rotatable bonds is 2. The quantitative estimate of drug-likeness (QED) is 0.590. The summed E-state index contributed by atoms with van der Waals surface area (Å²) in [5, 5.41) is 10.8. The van der Waals surface area contributed by atoms with E-state index in [1.165, 1.54) is 24.3 Å². The van der Waals surface area contributed by atoms with E-state index in [0.29, 0.717) is 5.56 Å². The first-order valence-corrected chi connectivity index (χ1v) is 4.78. The van der Waals surface area contributed by atoms with Crippen LogP contribution in [0.1, 0.15) is 0 Å². The van der Waals surface area contributed by atoms with Gasteiger partial charge in [-0.15, -0.1) is 0 Å². The summed E-state index contributed by atoms with van der Waals surface area (Å²) in [6.07, 6.45) is 0. The van der Waals surface area contributed by atoms with E-state index in [1.807, 2.05) is 0 Å². The zero-order valence-corrected chi connectivity index (χ0v) is 8.56. The Balaban J connectivity index is 2.60. The third-order valence-corrected chi connectivity index (χ3v) is 2.31. The Kier molecular flexibility index (Phi) is 2.82. The highest BCUT2D eigenvalue weighted by Gasteiger charge is 2.15. The predicted octanol–water partition coefficient (Wildman–Crippen LogP) is 3.54.